The van der Waals surface area contributed by atoms with Crippen LogP contribution in [-0.4, -0.2) is 26.3 Å². The molecule has 0 saturated carbocycles. The summed E-state index contributed by atoms with van der Waals surface area (Å²) in [6.07, 6.45) is 3.31. The van der Waals surface area contributed by atoms with E-state index < -0.39 is 0 Å². The lowest BCUT2D eigenvalue weighted by Gasteiger charge is -2.22. The Morgan fingerprint density at radius 3 is 2.83 bits per heavy atom. The molecular weight excluding hydrogens is 229 g/mol. The normalized spacial score (nSPS) is 17.0. The maximum Gasteiger partial charge on any atom is 0.123 e. The molecule has 2 nitrogen and oxygen atoms in total. The summed E-state index contributed by atoms with van der Waals surface area (Å²) in [5, 5.41) is 3.50. The first-order valence-electron chi connectivity index (χ1n) is 6.79. The van der Waals surface area contributed by atoms with Gasteiger partial charge in [-0.05, 0) is 68.5 Å². The molecule has 100 valence electrons. The van der Waals surface area contributed by atoms with E-state index in [9.17, 15) is 4.39 Å². The van der Waals surface area contributed by atoms with Crippen molar-refractivity contribution < 1.29 is 9.13 Å². The van der Waals surface area contributed by atoms with E-state index in [1.807, 2.05) is 13.0 Å². The van der Waals surface area contributed by atoms with Crippen molar-refractivity contribution in [3.8, 4) is 0 Å². The summed E-state index contributed by atoms with van der Waals surface area (Å²) in [7, 11) is 0. The van der Waals surface area contributed by atoms with E-state index in [4.69, 9.17) is 4.74 Å². The van der Waals surface area contributed by atoms with Crippen LogP contribution in [0.4, 0.5) is 4.39 Å². The molecular formula is C15H22FNO. The maximum atomic E-state index is 13.0. The van der Waals surface area contributed by atoms with Gasteiger partial charge in [-0.1, -0.05) is 6.07 Å². The third kappa shape index (κ3) is 4.07. The molecule has 1 fully saturated rings. The highest BCUT2D eigenvalue weighted by Crippen LogP contribution is 2.13. The highest BCUT2D eigenvalue weighted by molar-refractivity contribution is 5.26. The largest absolute Gasteiger partial charge is 0.381 e. The van der Waals surface area contributed by atoms with Gasteiger partial charge in [-0.3, -0.25) is 0 Å². The quantitative estimate of drug-likeness (QED) is 0.812. The van der Waals surface area contributed by atoms with Gasteiger partial charge in [0.05, 0.1) is 0 Å². The molecule has 0 atom stereocenters. The Bertz CT molecular complexity index is 375. The summed E-state index contributed by atoms with van der Waals surface area (Å²) in [5.74, 6) is 0.611. The fraction of sp³-hybridized carbons (Fsp3) is 0.600. The van der Waals surface area contributed by atoms with Crippen molar-refractivity contribution in [3.05, 3.63) is 35.1 Å². The second-order valence-electron chi connectivity index (χ2n) is 5.08. The molecule has 0 spiro atoms. The Labute approximate surface area is 109 Å². The van der Waals surface area contributed by atoms with E-state index >= 15 is 0 Å². The molecule has 0 unspecified atom stereocenters. The van der Waals surface area contributed by atoms with Crippen LogP contribution in [0.5, 0.6) is 0 Å². The van der Waals surface area contributed by atoms with Gasteiger partial charge in [0.1, 0.15) is 5.82 Å². The average Bonchev–Trinajstić information content (AvgIpc) is 2.38. The molecule has 18 heavy (non-hydrogen) atoms. The molecule has 0 amide bonds. The van der Waals surface area contributed by atoms with Crippen molar-refractivity contribution in [1.29, 1.82) is 0 Å². The average molecular weight is 251 g/mol. The van der Waals surface area contributed by atoms with Crippen molar-refractivity contribution in [2.45, 2.75) is 26.2 Å². The van der Waals surface area contributed by atoms with E-state index in [0.717, 1.165) is 44.2 Å². The Balaban J connectivity index is 1.68. The molecule has 1 aromatic rings. The zero-order chi connectivity index (χ0) is 12.8. The second-order valence-corrected chi connectivity index (χ2v) is 5.08. The van der Waals surface area contributed by atoms with Gasteiger partial charge in [0.15, 0.2) is 0 Å². The Morgan fingerprint density at radius 1 is 1.33 bits per heavy atom. The molecule has 3 heteroatoms. The minimum absolute atomic E-state index is 0.147. The smallest absolute Gasteiger partial charge is 0.123 e. The van der Waals surface area contributed by atoms with E-state index in [1.54, 1.807) is 12.1 Å². The van der Waals surface area contributed by atoms with Crippen LogP contribution in [-0.2, 0) is 11.2 Å². The molecule has 0 aromatic heterocycles. The van der Waals surface area contributed by atoms with E-state index in [2.05, 4.69) is 5.32 Å². The minimum Gasteiger partial charge on any atom is -0.381 e. The fourth-order valence-corrected chi connectivity index (χ4v) is 2.42. The van der Waals surface area contributed by atoms with Crippen LogP contribution in [0, 0.1) is 18.7 Å². The van der Waals surface area contributed by atoms with Crippen molar-refractivity contribution in [1.82, 2.24) is 5.32 Å². The first kappa shape index (κ1) is 13.5. The minimum atomic E-state index is -0.147. The SMILES string of the molecule is Cc1cc(F)ccc1CCNCC1CCOCC1. The molecule has 1 aliphatic rings. The van der Waals surface area contributed by atoms with Crippen molar-refractivity contribution in [2.24, 2.45) is 5.92 Å². The van der Waals surface area contributed by atoms with Gasteiger partial charge in [0.25, 0.3) is 0 Å². The third-order valence-corrected chi connectivity index (χ3v) is 3.65. The van der Waals surface area contributed by atoms with Crippen molar-refractivity contribution in [2.75, 3.05) is 26.3 Å². The van der Waals surface area contributed by atoms with Crippen LogP contribution >= 0.6 is 0 Å². The van der Waals surface area contributed by atoms with Gasteiger partial charge >= 0.3 is 0 Å². The molecule has 2 rings (SSSR count). The molecule has 1 heterocycles. The lowest BCUT2D eigenvalue weighted by Crippen LogP contribution is -2.29. The highest BCUT2D eigenvalue weighted by Gasteiger charge is 2.12. The van der Waals surface area contributed by atoms with Gasteiger partial charge in [-0.25, -0.2) is 4.39 Å². The van der Waals surface area contributed by atoms with Crippen molar-refractivity contribution >= 4 is 0 Å². The number of nitrogens with one attached hydrogen (secondary N) is 1. The summed E-state index contributed by atoms with van der Waals surface area (Å²) >= 11 is 0. The summed E-state index contributed by atoms with van der Waals surface area (Å²) in [6.45, 7) is 5.82. The van der Waals surface area contributed by atoms with E-state index in [1.165, 1.54) is 18.4 Å². The van der Waals surface area contributed by atoms with Gasteiger partial charge in [-0.2, -0.15) is 0 Å². The number of benzene rings is 1. The topological polar surface area (TPSA) is 21.3 Å². The zero-order valence-electron chi connectivity index (χ0n) is 11.0. The van der Waals surface area contributed by atoms with Crippen LogP contribution < -0.4 is 5.32 Å². The summed E-state index contributed by atoms with van der Waals surface area (Å²) < 4.78 is 18.3. The standard InChI is InChI=1S/C15H22FNO/c1-12-10-15(16)3-2-14(12)4-7-17-11-13-5-8-18-9-6-13/h2-3,10,13,17H,4-9,11H2,1H3. The van der Waals surface area contributed by atoms with Crippen molar-refractivity contribution in [3.63, 3.8) is 0 Å². The van der Waals surface area contributed by atoms with Crippen LogP contribution in [0.2, 0.25) is 0 Å². The first-order chi connectivity index (χ1) is 8.75. The van der Waals surface area contributed by atoms with E-state index in [0.29, 0.717) is 0 Å². The number of hydrogen-bond donors (Lipinski definition) is 1. The highest BCUT2D eigenvalue weighted by atomic mass is 19.1. The molecule has 1 saturated heterocycles. The second kappa shape index (κ2) is 6.86. The molecule has 1 aliphatic heterocycles. The molecule has 1 N–H and O–H groups in total. The van der Waals surface area contributed by atoms with Crippen LogP contribution in [0.15, 0.2) is 18.2 Å². The first-order valence-corrected chi connectivity index (χ1v) is 6.79. The summed E-state index contributed by atoms with van der Waals surface area (Å²) in [5.41, 5.74) is 2.28. The maximum absolute atomic E-state index is 13.0. The van der Waals surface area contributed by atoms with E-state index in [-0.39, 0.29) is 5.82 Å². The lowest BCUT2D eigenvalue weighted by molar-refractivity contribution is 0.0664. The van der Waals surface area contributed by atoms with Crippen LogP contribution in [0.3, 0.4) is 0 Å². The number of ether oxygens (including phenoxy) is 1. The molecule has 0 bridgehead atoms. The number of rotatable bonds is 5. The van der Waals surface area contributed by atoms with Gasteiger partial charge in [0, 0.05) is 13.2 Å². The fourth-order valence-electron chi connectivity index (χ4n) is 2.42. The monoisotopic (exact) mass is 251 g/mol. The summed E-state index contributed by atoms with van der Waals surface area (Å²) in [4.78, 5) is 0. The predicted molar refractivity (Wildman–Crippen MR) is 71.3 cm³/mol. The van der Waals surface area contributed by atoms with Gasteiger partial charge in [-0.15, -0.1) is 0 Å². The van der Waals surface area contributed by atoms with Gasteiger partial charge in [0.2, 0.25) is 0 Å². The Kier molecular flexibility index (Phi) is 5.14. The molecule has 0 aliphatic carbocycles. The Morgan fingerprint density at radius 2 is 2.11 bits per heavy atom. The summed E-state index contributed by atoms with van der Waals surface area (Å²) in [6, 6.07) is 5.04. The third-order valence-electron chi connectivity index (χ3n) is 3.65. The zero-order valence-corrected chi connectivity index (χ0v) is 11.0. The number of hydrogen-bond acceptors (Lipinski definition) is 2. The molecule has 1 aromatic carbocycles. The van der Waals surface area contributed by atoms with Gasteiger partial charge < -0.3 is 10.1 Å². The predicted octanol–water partition coefficient (Wildman–Crippen LogP) is 2.69. The van der Waals surface area contributed by atoms with Crippen LogP contribution in [0.1, 0.15) is 24.0 Å². The Hall–Kier alpha value is -0.930. The number of halogens is 1. The van der Waals surface area contributed by atoms with Crippen LogP contribution in [0.25, 0.3) is 0 Å². The lowest BCUT2D eigenvalue weighted by atomic mass is 10.0. The number of aryl methyl sites for hydroxylation is 1. The molecule has 0 radical (unpaired) electrons.